The number of imidazole rings is 1. The zero-order valence-corrected chi connectivity index (χ0v) is 6.57. The normalized spacial score (nSPS) is 13.6. The number of aliphatic hydroxyl groups excluding tert-OH is 1. The maximum Gasteiger partial charge on any atom is 0.285 e. The van der Waals surface area contributed by atoms with Gasteiger partial charge in [-0.25, -0.2) is 9.13 Å². The molecule has 0 radical (unpaired) electrons. The van der Waals surface area contributed by atoms with E-state index in [2.05, 4.69) is 0 Å². The number of aliphatic hydroxyl groups is 1. The van der Waals surface area contributed by atoms with Gasteiger partial charge in [0.2, 0.25) is 0 Å². The van der Waals surface area contributed by atoms with Crippen molar-refractivity contribution in [1.82, 2.24) is 4.57 Å². The monoisotopic (exact) mass is 141 g/mol. The highest BCUT2D eigenvalue weighted by atomic mass is 16.3. The Balaban J connectivity index is 3.10. The molecule has 1 unspecified atom stereocenters. The predicted octanol–water partition coefficient (Wildman–Crippen LogP) is -0.0971. The van der Waals surface area contributed by atoms with Crippen LogP contribution in [0.2, 0.25) is 0 Å². The maximum atomic E-state index is 9.23. The van der Waals surface area contributed by atoms with Crippen molar-refractivity contribution in [2.24, 2.45) is 14.1 Å². The lowest BCUT2D eigenvalue weighted by atomic mass is 10.4. The molecule has 0 aromatic carbocycles. The summed E-state index contributed by atoms with van der Waals surface area (Å²) in [5.41, 5.74) is 0. The first-order valence-corrected chi connectivity index (χ1v) is 3.32. The molecular weight excluding hydrogens is 128 g/mol. The van der Waals surface area contributed by atoms with Crippen molar-refractivity contribution in [2.45, 2.75) is 13.0 Å². The van der Waals surface area contributed by atoms with Gasteiger partial charge in [-0.1, -0.05) is 0 Å². The Morgan fingerprint density at radius 2 is 2.30 bits per heavy atom. The van der Waals surface area contributed by atoms with Crippen LogP contribution < -0.4 is 4.57 Å². The van der Waals surface area contributed by atoms with Gasteiger partial charge in [0.05, 0.1) is 14.1 Å². The molecule has 1 aromatic rings. The van der Waals surface area contributed by atoms with E-state index in [9.17, 15) is 5.11 Å². The van der Waals surface area contributed by atoms with E-state index < -0.39 is 6.10 Å². The van der Waals surface area contributed by atoms with Crippen LogP contribution in [0.5, 0.6) is 0 Å². The number of aryl methyl sites for hydroxylation is 2. The largest absolute Gasteiger partial charge is 0.381 e. The van der Waals surface area contributed by atoms with Gasteiger partial charge in [-0.05, 0) is 6.92 Å². The summed E-state index contributed by atoms with van der Waals surface area (Å²) in [6, 6.07) is 0. The first kappa shape index (κ1) is 7.28. The van der Waals surface area contributed by atoms with Crippen molar-refractivity contribution in [1.29, 1.82) is 0 Å². The van der Waals surface area contributed by atoms with E-state index in [1.54, 1.807) is 6.92 Å². The Hall–Kier alpha value is -0.830. The first-order valence-electron chi connectivity index (χ1n) is 3.32. The van der Waals surface area contributed by atoms with Crippen LogP contribution in [-0.4, -0.2) is 9.67 Å². The van der Waals surface area contributed by atoms with Crippen LogP contribution in [0.25, 0.3) is 0 Å². The molecule has 0 aliphatic heterocycles. The summed E-state index contributed by atoms with van der Waals surface area (Å²) in [6.45, 7) is 1.76. The molecule has 0 aliphatic rings. The van der Waals surface area contributed by atoms with Crippen LogP contribution in [0.4, 0.5) is 0 Å². The number of nitrogens with zero attached hydrogens (tertiary/aromatic N) is 2. The van der Waals surface area contributed by atoms with E-state index in [0.717, 1.165) is 5.82 Å². The molecule has 3 nitrogen and oxygen atoms in total. The maximum absolute atomic E-state index is 9.23. The fraction of sp³-hybridized carbons (Fsp3) is 0.571. The molecule has 0 amide bonds. The standard InChI is InChI=1S/C7H13N2O/c1-6(10)7-8(2)4-5-9(7)3/h4-6,10H,1-3H3/q+1. The summed E-state index contributed by atoms with van der Waals surface area (Å²) >= 11 is 0. The Bertz CT molecular complexity index is 208. The van der Waals surface area contributed by atoms with Crippen LogP contribution in [0.15, 0.2) is 12.4 Å². The summed E-state index contributed by atoms with van der Waals surface area (Å²) < 4.78 is 3.81. The van der Waals surface area contributed by atoms with Gasteiger partial charge < -0.3 is 5.11 Å². The van der Waals surface area contributed by atoms with Crippen molar-refractivity contribution in [3.63, 3.8) is 0 Å². The third-order valence-electron chi connectivity index (χ3n) is 1.61. The van der Waals surface area contributed by atoms with Gasteiger partial charge in [0.25, 0.3) is 5.82 Å². The second-order valence-corrected chi connectivity index (χ2v) is 2.55. The van der Waals surface area contributed by atoms with Crippen LogP contribution in [0.1, 0.15) is 18.9 Å². The molecule has 0 aliphatic carbocycles. The second-order valence-electron chi connectivity index (χ2n) is 2.55. The molecular formula is C7H13N2O+. The molecule has 3 heteroatoms. The molecule has 0 saturated carbocycles. The molecule has 1 N–H and O–H groups in total. The zero-order chi connectivity index (χ0) is 7.72. The lowest BCUT2D eigenvalue weighted by Gasteiger charge is -1.99. The van der Waals surface area contributed by atoms with Crippen LogP contribution in [0.3, 0.4) is 0 Å². The minimum absolute atomic E-state index is 0.398. The molecule has 10 heavy (non-hydrogen) atoms. The topological polar surface area (TPSA) is 29.0 Å². The van der Waals surface area contributed by atoms with Crippen LogP contribution in [0, 0.1) is 0 Å². The van der Waals surface area contributed by atoms with Crippen molar-refractivity contribution >= 4 is 0 Å². The Morgan fingerprint density at radius 1 is 1.70 bits per heavy atom. The minimum Gasteiger partial charge on any atom is -0.381 e. The molecule has 56 valence electrons. The fourth-order valence-electron chi connectivity index (χ4n) is 1.19. The molecule has 0 bridgehead atoms. The average molecular weight is 141 g/mol. The quantitative estimate of drug-likeness (QED) is 0.544. The Labute approximate surface area is 60.5 Å². The van der Waals surface area contributed by atoms with Crippen LogP contribution in [-0.2, 0) is 14.1 Å². The van der Waals surface area contributed by atoms with Crippen LogP contribution >= 0.6 is 0 Å². The third kappa shape index (κ3) is 1.04. The van der Waals surface area contributed by atoms with Gasteiger partial charge in [0.15, 0.2) is 6.10 Å². The second kappa shape index (κ2) is 2.42. The number of hydrogen-bond donors (Lipinski definition) is 1. The van der Waals surface area contributed by atoms with E-state index >= 15 is 0 Å². The number of rotatable bonds is 1. The van der Waals surface area contributed by atoms with Gasteiger partial charge in [0.1, 0.15) is 12.4 Å². The Morgan fingerprint density at radius 3 is 2.50 bits per heavy atom. The van der Waals surface area contributed by atoms with Gasteiger partial charge in [-0.2, -0.15) is 0 Å². The molecule has 0 spiro atoms. The summed E-state index contributed by atoms with van der Waals surface area (Å²) in [6.07, 6.45) is 3.44. The third-order valence-corrected chi connectivity index (χ3v) is 1.61. The molecule has 0 saturated heterocycles. The SMILES string of the molecule is CC(O)c1n(C)cc[n+]1C. The summed E-state index contributed by atoms with van der Waals surface area (Å²) in [5, 5.41) is 9.23. The highest BCUT2D eigenvalue weighted by Gasteiger charge is 2.15. The fourth-order valence-corrected chi connectivity index (χ4v) is 1.19. The van der Waals surface area contributed by atoms with E-state index in [1.165, 1.54) is 0 Å². The lowest BCUT2D eigenvalue weighted by molar-refractivity contribution is -0.682. The zero-order valence-electron chi connectivity index (χ0n) is 6.57. The molecule has 1 rings (SSSR count). The molecule has 1 aromatic heterocycles. The highest BCUT2D eigenvalue weighted by molar-refractivity contribution is 4.84. The lowest BCUT2D eigenvalue weighted by Crippen LogP contribution is -2.33. The average Bonchev–Trinajstić information content (AvgIpc) is 2.11. The van der Waals surface area contributed by atoms with Gasteiger partial charge in [-0.15, -0.1) is 0 Å². The van der Waals surface area contributed by atoms with E-state index in [0.29, 0.717) is 0 Å². The molecule has 1 atom stereocenters. The Kier molecular flexibility index (Phi) is 1.76. The van der Waals surface area contributed by atoms with Crippen molar-refractivity contribution < 1.29 is 9.67 Å². The van der Waals surface area contributed by atoms with Gasteiger partial charge in [0, 0.05) is 0 Å². The summed E-state index contributed by atoms with van der Waals surface area (Å²) in [4.78, 5) is 0. The van der Waals surface area contributed by atoms with Gasteiger partial charge >= 0.3 is 0 Å². The summed E-state index contributed by atoms with van der Waals surface area (Å²) in [5.74, 6) is 0.917. The van der Waals surface area contributed by atoms with E-state index in [-0.39, 0.29) is 0 Å². The molecule has 0 fully saturated rings. The molecule has 1 heterocycles. The predicted molar refractivity (Wildman–Crippen MR) is 37.2 cm³/mol. The first-order chi connectivity index (χ1) is 4.63. The van der Waals surface area contributed by atoms with Crippen molar-refractivity contribution in [2.75, 3.05) is 0 Å². The van der Waals surface area contributed by atoms with Gasteiger partial charge in [-0.3, -0.25) is 0 Å². The smallest absolute Gasteiger partial charge is 0.285 e. The van der Waals surface area contributed by atoms with E-state index in [1.807, 2.05) is 35.6 Å². The van der Waals surface area contributed by atoms with Crippen molar-refractivity contribution in [3.8, 4) is 0 Å². The summed E-state index contributed by atoms with van der Waals surface area (Å²) in [7, 11) is 3.84. The van der Waals surface area contributed by atoms with Crippen molar-refractivity contribution in [3.05, 3.63) is 18.2 Å². The highest BCUT2D eigenvalue weighted by Crippen LogP contribution is 2.04. The number of aromatic nitrogens is 2. The minimum atomic E-state index is -0.398. The number of hydrogen-bond acceptors (Lipinski definition) is 1. The van der Waals surface area contributed by atoms with E-state index in [4.69, 9.17) is 0 Å².